The van der Waals surface area contributed by atoms with Crippen LogP contribution in [0.2, 0.25) is 5.02 Å². The number of nitrogens with one attached hydrogen (secondary N) is 1. The number of hydrogen-bond donors (Lipinski definition) is 1. The number of anilines is 2. The van der Waals surface area contributed by atoms with E-state index >= 15 is 0 Å². The molecule has 0 aliphatic carbocycles. The normalized spacial score (nSPS) is 11.1. The Morgan fingerprint density at radius 1 is 1.03 bits per heavy atom. The van der Waals surface area contributed by atoms with Crippen LogP contribution in [0, 0.1) is 13.8 Å². The summed E-state index contributed by atoms with van der Waals surface area (Å²) >= 11 is 6.10. The number of carbonyl (C=O) groups is 1. The van der Waals surface area contributed by atoms with Crippen molar-refractivity contribution in [1.29, 1.82) is 0 Å². The van der Waals surface area contributed by atoms with Gasteiger partial charge in [0.05, 0.1) is 17.6 Å². The molecule has 0 spiro atoms. The van der Waals surface area contributed by atoms with Crippen molar-refractivity contribution in [3.05, 3.63) is 82.9 Å². The van der Waals surface area contributed by atoms with Gasteiger partial charge in [-0.25, -0.2) is 8.42 Å². The van der Waals surface area contributed by atoms with E-state index in [1.165, 1.54) is 0 Å². The number of rotatable bonds is 7. The van der Waals surface area contributed by atoms with Crippen molar-refractivity contribution < 1.29 is 17.9 Å². The van der Waals surface area contributed by atoms with Gasteiger partial charge in [0.15, 0.2) is 5.75 Å². The van der Waals surface area contributed by atoms with Gasteiger partial charge >= 0.3 is 0 Å². The molecule has 0 fully saturated rings. The van der Waals surface area contributed by atoms with Crippen LogP contribution in [0.1, 0.15) is 11.1 Å². The Labute approximate surface area is 187 Å². The van der Waals surface area contributed by atoms with E-state index in [1.807, 2.05) is 38.1 Å². The third kappa shape index (κ3) is 5.77. The van der Waals surface area contributed by atoms with E-state index in [9.17, 15) is 13.2 Å². The third-order valence-electron chi connectivity index (χ3n) is 4.72. The molecule has 8 heteroatoms. The lowest BCUT2D eigenvalue weighted by atomic mass is 10.1. The topological polar surface area (TPSA) is 75.7 Å². The maximum Gasteiger partial charge on any atom is 0.245 e. The van der Waals surface area contributed by atoms with Crippen LogP contribution in [0.4, 0.5) is 11.4 Å². The first-order valence-corrected chi connectivity index (χ1v) is 11.7. The summed E-state index contributed by atoms with van der Waals surface area (Å²) in [5.74, 6) is 0.460. The summed E-state index contributed by atoms with van der Waals surface area (Å²) in [5.41, 5.74) is 2.52. The van der Waals surface area contributed by atoms with Crippen molar-refractivity contribution in [1.82, 2.24) is 0 Å². The Kier molecular flexibility index (Phi) is 6.87. The van der Waals surface area contributed by atoms with Crippen LogP contribution < -0.4 is 14.4 Å². The largest absolute Gasteiger partial charge is 0.455 e. The molecule has 0 saturated carbocycles. The van der Waals surface area contributed by atoms with Gasteiger partial charge in [0, 0.05) is 5.02 Å². The highest BCUT2D eigenvalue weighted by Gasteiger charge is 2.23. The second kappa shape index (κ2) is 9.41. The Hall–Kier alpha value is -3.03. The van der Waals surface area contributed by atoms with Gasteiger partial charge in [-0.2, -0.15) is 0 Å². The number of nitrogens with zero attached hydrogens (tertiary/aromatic N) is 1. The van der Waals surface area contributed by atoms with Crippen LogP contribution in [0.15, 0.2) is 66.7 Å². The lowest BCUT2D eigenvalue weighted by molar-refractivity contribution is -0.114. The summed E-state index contributed by atoms with van der Waals surface area (Å²) < 4.78 is 31.8. The molecule has 3 aromatic carbocycles. The number of benzene rings is 3. The quantitative estimate of drug-likeness (QED) is 0.531. The van der Waals surface area contributed by atoms with E-state index in [1.54, 1.807) is 42.5 Å². The predicted molar refractivity (Wildman–Crippen MR) is 125 cm³/mol. The summed E-state index contributed by atoms with van der Waals surface area (Å²) in [6.07, 6.45) is 1.07. The van der Waals surface area contributed by atoms with Crippen molar-refractivity contribution >= 4 is 38.9 Å². The fourth-order valence-corrected chi connectivity index (χ4v) is 4.09. The lowest BCUT2D eigenvalue weighted by Gasteiger charge is -2.24. The first-order valence-electron chi connectivity index (χ1n) is 9.51. The van der Waals surface area contributed by atoms with Crippen LogP contribution >= 0.6 is 11.6 Å². The fourth-order valence-electron chi connectivity index (χ4n) is 3.01. The summed E-state index contributed by atoms with van der Waals surface area (Å²) in [4.78, 5) is 12.8. The monoisotopic (exact) mass is 458 g/mol. The molecule has 162 valence electrons. The van der Waals surface area contributed by atoms with E-state index in [4.69, 9.17) is 16.3 Å². The Balaban J connectivity index is 1.86. The van der Waals surface area contributed by atoms with Gasteiger partial charge in [0.2, 0.25) is 15.9 Å². The molecular formula is C23H23ClN2O4S. The second-order valence-electron chi connectivity index (χ2n) is 7.09. The van der Waals surface area contributed by atoms with Crippen molar-refractivity contribution in [3.8, 4) is 11.5 Å². The Morgan fingerprint density at radius 2 is 1.74 bits per heavy atom. The van der Waals surface area contributed by atoms with E-state index < -0.39 is 15.9 Å². The Bertz CT molecular complexity index is 1200. The number of sulfonamides is 1. The highest BCUT2D eigenvalue weighted by molar-refractivity contribution is 7.92. The minimum Gasteiger partial charge on any atom is -0.455 e. The number of aryl methyl sites for hydroxylation is 1. The fraction of sp³-hybridized carbons (Fsp3) is 0.174. The van der Waals surface area contributed by atoms with Crippen molar-refractivity contribution in [2.45, 2.75) is 13.8 Å². The molecule has 3 aromatic rings. The van der Waals surface area contributed by atoms with Crippen LogP contribution in [0.5, 0.6) is 11.5 Å². The molecule has 0 unspecified atom stereocenters. The molecule has 1 N–H and O–H groups in total. The molecule has 0 atom stereocenters. The molecule has 0 radical (unpaired) electrons. The maximum atomic E-state index is 12.8. The molecule has 31 heavy (non-hydrogen) atoms. The maximum absolute atomic E-state index is 12.8. The summed E-state index contributed by atoms with van der Waals surface area (Å²) in [7, 11) is -3.70. The number of para-hydroxylation sites is 1. The third-order valence-corrected chi connectivity index (χ3v) is 6.08. The second-order valence-corrected chi connectivity index (χ2v) is 9.44. The predicted octanol–water partition coefficient (Wildman–Crippen LogP) is 5.15. The van der Waals surface area contributed by atoms with Crippen molar-refractivity contribution in [2.24, 2.45) is 0 Å². The number of amides is 1. The van der Waals surface area contributed by atoms with Crippen LogP contribution in [-0.2, 0) is 14.8 Å². The average Bonchev–Trinajstić information content (AvgIpc) is 2.70. The summed E-state index contributed by atoms with van der Waals surface area (Å²) in [6.45, 7) is 3.32. The number of halogens is 1. The number of carbonyl (C=O) groups excluding carboxylic acids is 1. The van der Waals surface area contributed by atoms with E-state index in [2.05, 4.69) is 5.32 Å². The molecule has 1 amide bonds. The zero-order valence-electron chi connectivity index (χ0n) is 17.4. The summed E-state index contributed by atoms with van der Waals surface area (Å²) in [5, 5.41) is 3.13. The van der Waals surface area contributed by atoms with Gasteiger partial charge in [-0.1, -0.05) is 41.9 Å². The van der Waals surface area contributed by atoms with Crippen LogP contribution in [0.3, 0.4) is 0 Å². The minimum absolute atomic E-state index is 0.343. The molecule has 0 aliphatic heterocycles. The first kappa shape index (κ1) is 22.7. The van der Waals surface area contributed by atoms with Gasteiger partial charge < -0.3 is 10.1 Å². The lowest BCUT2D eigenvalue weighted by Crippen LogP contribution is -2.38. The zero-order valence-corrected chi connectivity index (χ0v) is 19.0. The average molecular weight is 459 g/mol. The minimum atomic E-state index is -3.70. The molecule has 0 bridgehead atoms. The number of ether oxygens (including phenoxy) is 1. The van der Waals surface area contributed by atoms with E-state index in [0.717, 1.165) is 21.7 Å². The standard InChI is InChI=1S/C23H23ClN2O4S/c1-16-8-7-11-21(17(16)2)26(31(3,28)29)15-23(27)25-20-14-18(24)12-13-22(20)30-19-9-5-4-6-10-19/h4-14H,15H2,1-3H3,(H,25,27). The van der Waals surface area contributed by atoms with E-state index in [-0.39, 0.29) is 6.54 Å². The van der Waals surface area contributed by atoms with Gasteiger partial charge in [-0.3, -0.25) is 9.10 Å². The molecule has 3 rings (SSSR count). The van der Waals surface area contributed by atoms with Gasteiger partial charge in [-0.05, 0) is 61.4 Å². The van der Waals surface area contributed by atoms with Gasteiger partial charge in [0.1, 0.15) is 12.3 Å². The van der Waals surface area contributed by atoms with Crippen molar-refractivity contribution in [3.63, 3.8) is 0 Å². The SMILES string of the molecule is Cc1cccc(N(CC(=O)Nc2cc(Cl)ccc2Oc2ccccc2)S(C)(=O)=O)c1C. The first-order chi connectivity index (χ1) is 14.6. The smallest absolute Gasteiger partial charge is 0.245 e. The molecule has 0 heterocycles. The molecule has 6 nitrogen and oxygen atoms in total. The summed E-state index contributed by atoms with van der Waals surface area (Å²) in [6, 6.07) is 19.3. The highest BCUT2D eigenvalue weighted by atomic mass is 35.5. The van der Waals surface area contributed by atoms with Crippen LogP contribution in [0.25, 0.3) is 0 Å². The van der Waals surface area contributed by atoms with Crippen LogP contribution in [-0.4, -0.2) is 27.1 Å². The highest BCUT2D eigenvalue weighted by Crippen LogP contribution is 2.32. The van der Waals surface area contributed by atoms with Crippen molar-refractivity contribution in [2.75, 3.05) is 22.4 Å². The van der Waals surface area contributed by atoms with Gasteiger partial charge in [-0.15, -0.1) is 0 Å². The molecular weight excluding hydrogens is 436 g/mol. The van der Waals surface area contributed by atoms with Gasteiger partial charge in [0.25, 0.3) is 0 Å². The zero-order chi connectivity index (χ0) is 22.6. The number of hydrogen-bond acceptors (Lipinski definition) is 4. The molecule has 0 aliphatic rings. The van der Waals surface area contributed by atoms with E-state index in [0.29, 0.717) is 27.9 Å². The molecule has 0 aromatic heterocycles. The molecule has 0 saturated heterocycles. The Morgan fingerprint density at radius 3 is 2.42 bits per heavy atom.